The topological polar surface area (TPSA) is 49.4 Å². The molecule has 25 heavy (non-hydrogen) atoms. The average Bonchev–Trinajstić information content (AvgIpc) is 2.95. The van der Waals surface area contributed by atoms with Crippen molar-refractivity contribution in [3.63, 3.8) is 0 Å². The van der Waals surface area contributed by atoms with Gasteiger partial charge in [0.2, 0.25) is 11.8 Å². The van der Waals surface area contributed by atoms with Crippen molar-refractivity contribution in [3.8, 4) is 0 Å². The molecule has 0 saturated carbocycles. The van der Waals surface area contributed by atoms with Gasteiger partial charge in [-0.1, -0.05) is 6.07 Å². The lowest BCUT2D eigenvalue weighted by molar-refractivity contribution is -0.129. The highest BCUT2D eigenvalue weighted by Crippen LogP contribution is 2.27. The fraction of sp³-hybridized carbons (Fsp3) is 0.300. The van der Waals surface area contributed by atoms with Gasteiger partial charge < -0.3 is 10.2 Å². The van der Waals surface area contributed by atoms with Crippen LogP contribution in [0.1, 0.15) is 23.1 Å². The highest BCUT2D eigenvalue weighted by Gasteiger charge is 2.37. The number of halogens is 1. The normalized spacial score (nSPS) is 17.0. The first kappa shape index (κ1) is 17.1. The maximum absolute atomic E-state index is 13.4. The highest BCUT2D eigenvalue weighted by atomic mass is 19.1. The van der Waals surface area contributed by atoms with Gasteiger partial charge in [0.1, 0.15) is 11.7 Å². The van der Waals surface area contributed by atoms with Crippen molar-refractivity contribution in [2.24, 2.45) is 5.92 Å². The van der Waals surface area contributed by atoms with Crippen molar-refractivity contribution in [1.29, 1.82) is 0 Å². The maximum Gasteiger partial charge on any atom is 0.239 e. The van der Waals surface area contributed by atoms with Gasteiger partial charge in [-0.25, -0.2) is 4.39 Å². The molecule has 3 rings (SSSR count). The van der Waals surface area contributed by atoms with Gasteiger partial charge in [0.25, 0.3) is 0 Å². The number of rotatable bonds is 3. The van der Waals surface area contributed by atoms with E-state index in [1.807, 2.05) is 32.0 Å². The van der Waals surface area contributed by atoms with Crippen molar-refractivity contribution in [2.45, 2.75) is 27.2 Å². The second-order valence-corrected chi connectivity index (χ2v) is 6.55. The fourth-order valence-corrected chi connectivity index (χ4v) is 3.02. The lowest BCUT2D eigenvalue weighted by Crippen LogP contribution is -2.33. The first-order valence-electron chi connectivity index (χ1n) is 8.32. The molecule has 0 bridgehead atoms. The van der Waals surface area contributed by atoms with Gasteiger partial charge in [-0.05, 0) is 74.2 Å². The monoisotopic (exact) mass is 340 g/mol. The predicted molar refractivity (Wildman–Crippen MR) is 96.1 cm³/mol. The van der Waals surface area contributed by atoms with E-state index < -0.39 is 5.92 Å². The lowest BCUT2D eigenvalue weighted by Gasteiger charge is -2.17. The maximum atomic E-state index is 13.4. The van der Waals surface area contributed by atoms with Crippen molar-refractivity contribution in [2.75, 3.05) is 16.8 Å². The van der Waals surface area contributed by atoms with Crippen LogP contribution in [0.5, 0.6) is 0 Å². The molecule has 0 aliphatic carbocycles. The summed E-state index contributed by atoms with van der Waals surface area (Å²) in [5, 5.41) is 2.83. The number of hydrogen-bond acceptors (Lipinski definition) is 2. The van der Waals surface area contributed by atoms with Gasteiger partial charge in [0.15, 0.2) is 0 Å². The van der Waals surface area contributed by atoms with Gasteiger partial charge in [0, 0.05) is 17.9 Å². The van der Waals surface area contributed by atoms with E-state index in [9.17, 15) is 14.0 Å². The van der Waals surface area contributed by atoms with Gasteiger partial charge in [-0.3, -0.25) is 9.59 Å². The van der Waals surface area contributed by atoms with Crippen molar-refractivity contribution in [3.05, 3.63) is 58.9 Å². The van der Waals surface area contributed by atoms with Crippen LogP contribution in [0.15, 0.2) is 36.4 Å². The third kappa shape index (κ3) is 3.40. The Balaban J connectivity index is 1.73. The number of aryl methyl sites for hydroxylation is 3. The van der Waals surface area contributed by atoms with E-state index in [2.05, 4.69) is 5.32 Å². The van der Waals surface area contributed by atoms with Crippen molar-refractivity contribution >= 4 is 23.2 Å². The van der Waals surface area contributed by atoms with E-state index in [0.717, 1.165) is 11.1 Å². The molecule has 1 N–H and O–H groups in total. The Kier molecular flexibility index (Phi) is 4.57. The summed E-state index contributed by atoms with van der Waals surface area (Å²) < 4.78 is 13.4. The van der Waals surface area contributed by atoms with E-state index in [1.54, 1.807) is 24.0 Å². The van der Waals surface area contributed by atoms with Crippen LogP contribution in [-0.2, 0) is 9.59 Å². The zero-order valence-electron chi connectivity index (χ0n) is 14.6. The summed E-state index contributed by atoms with van der Waals surface area (Å²) in [5.41, 5.74) is 4.03. The summed E-state index contributed by atoms with van der Waals surface area (Å²) in [6.07, 6.45) is 0.450. The molecule has 130 valence electrons. The minimum atomic E-state index is -0.716. The standard InChI is InChI=1S/C20H21FN2O2/c1-12-4-5-15(10-13(12)2)22-19(24)17-8-9-23(20(17)25)16-6-7-18(21)14(3)11-16/h4-7,10-11,17H,8-9H2,1-3H3,(H,22,24)/t17-/m1/s1. The van der Waals surface area contributed by atoms with E-state index in [4.69, 9.17) is 0 Å². The van der Waals surface area contributed by atoms with Gasteiger partial charge in [-0.2, -0.15) is 0 Å². The highest BCUT2D eigenvalue weighted by molar-refractivity contribution is 6.13. The minimum Gasteiger partial charge on any atom is -0.325 e. The second kappa shape index (κ2) is 6.67. The molecule has 0 unspecified atom stereocenters. The van der Waals surface area contributed by atoms with Crippen molar-refractivity contribution in [1.82, 2.24) is 0 Å². The smallest absolute Gasteiger partial charge is 0.239 e. The van der Waals surface area contributed by atoms with Crippen LogP contribution in [0.3, 0.4) is 0 Å². The molecule has 1 atom stereocenters. The van der Waals surface area contributed by atoms with Crippen LogP contribution < -0.4 is 10.2 Å². The largest absolute Gasteiger partial charge is 0.325 e. The Hall–Kier alpha value is -2.69. The predicted octanol–water partition coefficient (Wildman–Crippen LogP) is 3.74. The summed E-state index contributed by atoms with van der Waals surface area (Å²) in [7, 11) is 0. The first-order valence-corrected chi connectivity index (χ1v) is 8.32. The second-order valence-electron chi connectivity index (χ2n) is 6.55. The molecule has 1 saturated heterocycles. The number of benzene rings is 2. The molecule has 1 aliphatic heterocycles. The molecule has 0 spiro atoms. The molecule has 0 radical (unpaired) electrons. The summed E-state index contributed by atoms with van der Waals surface area (Å²) in [5.74, 6) is -1.56. The Morgan fingerprint density at radius 1 is 1.08 bits per heavy atom. The van der Waals surface area contributed by atoms with Gasteiger partial charge >= 0.3 is 0 Å². The quantitative estimate of drug-likeness (QED) is 0.865. The Bertz CT molecular complexity index is 848. The van der Waals surface area contributed by atoms with E-state index in [0.29, 0.717) is 29.9 Å². The number of carbonyl (C=O) groups is 2. The number of amides is 2. The molecule has 1 fully saturated rings. The molecule has 4 nitrogen and oxygen atoms in total. The summed E-state index contributed by atoms with van der Waals surface area (Å²) >= 11 is 0. The molecule has 1 aliphatic rings. The molecule has 2 aromatic rings. The summed E-state index contributed by atoms with van der Waals surface area (Å²) in [6.45, 7) is 6.09. The lowest BCUT2D eigenvalue weighted by atomic mass is 10.1. The van der Waals surface area contributed by atoms with Crippen LogP contribution >= 0.6 is 0 Å². The molecule has 1 heterocycles. The Morgan fingerprint density at radius 2 is 1.84 bits per heavy atom. The summed E-state index contributed by atoms with van der Waals surface area (Å²) in [4.78, 5) is 26.7. The van der Waals surface area contributed by atoms with Gasteiger partial charge in [0.05, 0.1) is 0 Å². The number of anilines is 2. The van der Waals surface area contributed by atoms with Crippen LogP contribution in [0.4, 0.5) is 15.8 Å². The number of nitrogens with zero attached hydrogens (tertiary/aromatic N) is 1. The number of hydrogen-bond donors (Lipinski definition) is 1. The fourth-order valence-electron chi connectivity index (χ4n) is 3.02. The Labute approximate surface area is 146 Å². The third-order valence-electron chi connectivity index (χ3n) is 4.75. The molecular weight excluding hydrogens is 319 g/mol. The third-order valence-corrected chi connectivity index (χ3v) is 4.75. The minimum absolute atomic E-state index is 0.243. The van der Waals surface area contributed by atoms with Crippen LogP contribution in [0.25, 0.3) is 0 Å². The zero-order chi connectivity index (χ0) is 18.1. The average molecular weight is 340 g/mol. The van der Waals surface area contributed by atoms with Crippen LogP contribution in [-0.4, -0.2) is 18.4 Å². The van der Waals surface area contributed by atoms with E-state index in [1.165, 1.54) is 6.07 Å². The summed E-state index contributed by atoms with van der Waals surface area (Å²) in [6, 6.07) is 10.2. The first-order chi connectivity index (χ1) is 11.9. The molecule has 0 aromatic heterocycles. The van der Waals surface area contributed by atoms with E-state index in [-0.39, 0.29) is 17.6 Å². The molecular formula is C20H21FN2O2. The molecule has 2 amide bonds. The zero-order valence-corrected chi connectivity index (χ0v) is 14.6. The molecule has 2 aromatic carbocycles. The molecule has 5 heteroatoms. The number of carbonyl (C=O) groups excluding carboxylic acids is 2. The van der Waals surface area contributed by atoms with Crippen molar-refractivity contribution < 1.29 is 14.0 Å². The SMILES string of the molecule is Cc1ccc(NC(=O)[C@H]2CCN(c3ccc(F)c(C)c3)C2=O)cc1C. The van der Waals surface area contributed by atoms with Crippen LogP contribution in [0, 0.1) is 32.5 Å². The van der Waals surface area contributed by atoms with Gasteiger partial charge in [-0.15, -0.1) is 0 Å². The Morgan fingerprint density at radius 3 is 2.52 bits per heavy atom. The van der Waals surface area contributed by atoms with Crippen LogP contribution in [0.2, 0.25) is 0 Å². The number of nitrogens with one attached hydrogen (secondary N) is 1. The van der Waals surface area contributed by atoms with E-state index >= 15 is 0 Å².